The number of hydrogen-bond donors (Lipinski definition) is 0. The molecule has 2 nitrogen and oxygen atoms in total. The van der Waals surface area contributed by atoms with Crippen LogP contribution in [0.3, 0.4) is 0 Å². The summed E-state index contributed by atoms with van der Waals surface area (Å²) in [6.45, 7) is 3.52. The van der Waals surface area contributed by atoms with Gasteiger partial charge in [-0.2, -0.15) is 0 Å². The van der Waals surface area contributed by atoms with Crippen molar-refractivity contribution in [2.24, 2.45) is 0 Å². The van der Waals surface area contributed by atoms with Crippen molar-refractivity contribution in [3.63, 3.8) is 0 Å². The number of likely N-dealkylation sites (tertiary alicyclic amines) is 1. The second kappa shape index (κ2) is 3.07. The molecule has 0 aromatic carbocycles. The van der Waals surface area contributed by atoms with E-state index in [2.05, 4.69) is 10.2 Å². The van der Waals surface area contributed by atoms with Crippen molar-refractivity contribution in [3.05, 3.63) is 0 Å². The Bertz CT molecular complexity index is 134. The lowest BCUT2D eigenvalue weighted by Crippen LogP contribution is -2.34. The smallest absolute Gasteiger partial charge is 0.114 e. The van der Waals surface area contributed by atoms with Crippen molar-refractivity contribution in [2.75, 3.05) is 26.2 Å². The lowest BCUT2D eigenvalue weighted by atomic mass is 10.2. The van der Waals surface area contributed by atoms with Gasteiger partial charge in [-0.1, -0.05) is 0 Å². The summed E-state index contributed by atoms with van der Waals surface area (Å²) in [6.07, 6.45) is 1.30. The van der Waals surface area contributed by atoms with Gasteiger partial charge in [0.05, 0.1) is 0 Å². The minimum absolute atomic E-state index is 0.566. The minimum atomic E-state index is -0.574. The predicted octanol–water partition coefficient (Wildman–Crippen LogP) is 0.407. The van der Waals surface area contributed by atoms with Gasteiger partial charge in [0.2, 0.25) is 0 Å². The van der Waals surface area contributed by atoms with Gasteiger partial charge in [0.15, 0.2) is 0 Å². The lowest BCUT2D eigenvalue weighted by Gasteiger charge is -2.21. The highest BCUT2D eigenvalue weighted by Crippen LogP contribution is 2.18. The standard InChI is InChI=1S/C8H14FN2/c9-7-2-4-11(6-7)8-1-3-10-5-8/h7-8H,1-6H2/t7-,8-/m1/s1. The third-order valence-electron chi connectivity index (χ3n) is 2.64. The summed E-state index contributed by atoms with van der Waals surface area (Å²) in [5.41, 5.74) is 0. The molecule has 0 aliphatic carbocycles. The molecule has 0 aromatic heterocycles. The Labute approximate surface area is 66.8 Å². The van der Waals surface area contributed by atoms with E-state index in [4.69, 9.17) is 0 Å². The summed E-state index contributed by atoms with van der Waals surface area (Å²) >= 11 is 0. The van der Waals surface area contributed by atoms with E-state index in [9.17, 15) is 4.39 Å². The monoisotopic (exact) mass is 157 g/mol. The molecule has 2 fully saturated rings. The predicted molar refractivity (Wildman–Crippen MR) is 41.4 cm³/mol. The fourth-order valence-electron chi connectivity index (χ4n) is 1.94. The third-order valence-corrected chi connectivity index (χ3v) is 2.64. The molecule has 2 aliphatic rings. The molecule has 1 radical (unpaired) electrons. The maximum Gasteiger partial charge on any atom is 0.114 e. The van der Waals surface area contributed by atoms with Crippen molar-refractivity contribution < 1.29 is 4.39 Å². The van der Waals surface area contributed by atoms with Crippen LogP contribution in [0.15, 0.2) is 0 Å². The van der Waals surface area contributed by atoms with Crippen molar-refractivity contribution in [1.82, 2.24) is 10.2 Å². The SMILES string of the molecule is F[C@@H]1CCN([C@@H]2CC[N]C2)C1. The quantitative estimate of drug-likeness (QED) is 0.539. The van der Waals surface area contributed by atoms with Crippen LogP contribution in [-0.2, 0) is 0 Å². The molecule has 0 N–H and O–H groups in total. The highest BCUT2D eigenvalue weighted by molar-refractivity contribution is 4.85. The molecule has 11 heavy (non-hydrogen) atoms. The van der Waals surface area contributed by atoms with E-state index >= 15 is 0 Å². The average molecular weight is 157 g/mol. The van der Waals surface area contributed by atoms with E-state index in [0.29, 0.717) is 12.6 Å². The summed E-state index contributed by atoms with van der Waals surface area (Å²) in [6, 6.07) is 0.566. The first-order valence-electron chi connectivity index (χ1n) is 4.37. The maximum absolute atomic E-state index is 12.8. The van der Waals surface area contributed by atoms with Gasteiger partial charge in [0.1, 0.15) is 6.17 Å². The first-order chi connectivity index (χ1) is 5.36. The second-order valence-electron chi connectivity index (χ2n) is 3.45. The summed E-state index contributed by atoms with van der Waals surface area (Å²) in [5.74, 6) is 0. The Morgan fingerprint density at radius 2 is 2.27 bits per heavy atom. The minimum Gasteiger partial charge on any atom is -0.296 e. The highest BCUT2D eigenvalue weighted by atomic mass is 19.1. The number of alkyl halides is 1. The number of hydrogen-bond acceptors (Lipinski definition) is 1. The van der Waals surface area contributed by atoms with Crippen LogP contribution in [0, 0.1) is 0 Å². The molecule has 2 rings (SSSR count). The van der Waals surface area contributed by atoms with Gasteiger partial charge in [0, 0.05) is 32.2 Å². The summed E-state index contributed by atoms with van der Waals surface area (Å²) in [4.78, 5) is 2.25. The molecule has 3 heteroatoms. The first kappa shape index (κ1) is 7.50. The zero-order valence-electron chi connectivity index (χ0n) is 6.67. The summed E-state index contributed by atoms with van der Waals surface area (Å²) in [5, 5.41) is 4.27. The molecule has 0 unspecified atom stereocenters. The average Bonchev–Trinajstić information content (AvgIpc) is 2.55. The Morgan fingerprint density at radius 1 is 1.36 bits per heavy atom. The normalized spacial score (nSPS) is 40.1. The number of nitrogens with zero attached hydrogens (tertiary/aromatic N) is 2. The van der Waals surface area contributed by atoms with Gasteiger partial charge in [0.25, 0.3) is 0 Å². The van der Waals surface area contributed by atoms with Gasteiger partial charge in [-0.25, -0.2) is 9.71 Å². The molecule has 63 valence electrons. The molecular weight excluding hydrogens is 143 g/mol. The van der Waals surface area contributed by atoms with Crippen LogP contribution in [0.2, 0.25) is 0 Å². The Kier molecular flexibility index (Phi) is 2.09. The second-order valence-corrected chi connectivity index (χ2v) is 3.45. The van der Waals surface area contributed by atoms with Crippen LogP contribution >= 0.6 is 0 Å². The molecule has 0 saturated carbocycles. The van der Waals surface area contributed by atoms with Crippen LogP contribution < -0.4 is 5.32 Å². The molecule has 0 amide bonds. The highest BCUT2D eigenvalue weighted by Gasteiger charge is 2.29. The van der Waals surface area contributed by atoms with Crippen molar-refractivity contribution in [2.45, 2.75) is 25.1 Å². The van der Waals surface area contributed by atoms with Crippen molar-refractivity contribution in [1.29, 1.82) is 0 Å². The molecule has 2 atom stereocenters. The molecule has 0 spiro atoms. The Balaban J connectivity index is 1.85. The largest absolute Gasteiger partial charge is 0.296 e. The van der Waals surface area contributed by atoms with Gasteiger partial charge in [-0.15, -0.1) is 0 Å². The first-order valence-corrected chi connectivity index (χ1v) is 4.37. The van der Waals surface area contributed by atoms with Gasteiger partial charge in [-0.3, -0.25) is 4.90 Å². The zero-order chi connectivity index (χ0) is 7.68. The zero-order valence-corrected chi connectivity index (χ0v) is 6.67. The van der Waals surface area contributed by atoms with Gasteiger partial charge >= 0.3 is 0 Å². The summed E-state index contributed by atoms with van der Waals surface area (Å²) in [7, 11) is 0. The van der Waals surface area contributed by atoms with E-state index in [0.717, 1.165) is 32.5 Å². The van der Waals surface area contributed by atoms with Crippen molar-refractivity contribution >= 4 is 0 Å². The van der Waals surface area contributed by atoms with E-state index in [1.165, 1.54) is 0 Å². The fraction of sp³-hybridized carbons (Fsp3) is 1.00. The van der Waals surface area contributed by atoms with Crippen LogP contribution in [0.1, 0.15) is 12.8 Å². The van der Waals surface area contributed by atoms with Gasteiger partial charge < -0.3 is 0 Å². The molecule has 2 heterocycles. The molecular formula is C8H14FN2. The Hall–Kier alpha value is -0.150. The molecule has 2 saturated heterocycles. The van der Waals surface area contributed by atoms with E-state index in [1.54, 1.807) is 0 Å². The van der Waals surface area contributed by atoms with Gasteiger partial charge in [-0.05, 0) is 12.8 Å². The third kappa shape index (κ3) is 1.54. The van der Waals surface area contributed by atoms with Crippen LogP contribution in [0.5, 0.6) is 0 Å². The fourth-order valence-corrected chi connectivity index (χ4v) is 1.94. The molecule has 0 bridgehead atoms. The molecule has 0 aromatic rings. The van der Waals surface area contributed by atoms with E-state index < -0.39 is 6.17 Å². The topological polar surface area (TPSA) is 17.3 Å². The summed E-state index contributed by atoms with van der Waals surface area (Å²) < 4.78 is 12.8. The van der Waals surface area contributed by atoms with E-state index in [-0.39, 0.29) is 0 Å². The van der Waals surface area contributed by atoms with Crippen LogP contribution in [-0.4, -0.2) is 43.3 Å². The number of halogens is 1. The van der Waals surface area contributed by atoms with E-state index in [1.807, 2.05) is 0 Å². The number of rotatable bonds is 1. The maximum atomic E-state index is 12.8. The molecule has 2 aliphatic heterocycles. The van der Waals surface area contributed by atoms with Crippen molar-refractivity contribution in [3.8, 4) is 0 Å². The van der Waals surface area contributed by atoms with Crippen LogP contribution in [0.4, 0.5) is 4.39 Å². The Morgan fingerprint density at radius 3 is 2.82 bits per heavy atom. The van der Waals surface area contributed by atoms with Crippen LogP contribution in [0.25, 0.3) is 0 Å². The lowest BCUT2D eigenvalue weighted by molar-refractivity contribution is 0.232.